The highest BCUT2D eigenvalue weighted by Crippen LogP contribution is 2.27. The smallest absolute Gasteiger partial charge is 0.264 e. The van der Waals surface area contributed by atoms with Gasteiger partial charge in [0.2, 0.25) is 0 Å². The number of ether oxygens (including phenoxy) is 1. The van der Waals surface area contributed by atoms with Crippen LogP contribution in [0.1, 0.15) is 49.2 Å². The lowest BCUT2D eigenvalue weighted by Gasteiger charge is -2.24. The molecule has 36 heavy (non-hydrogen) atoms. The first-order valence-corrected chi connectivity index (χ1v) is 14.6. The Morgan fingerprint density at radius 1 is 0.972 bits per heavy atom. The van der Waals surface area contributed by atoms with E-state index in [-0.39, 0.29) is 23.4 Å². The zero-order valence-electron chi connectivity index (χ0n) is 21.4. The number of nitrogens with zero attached hydrogens (tertiary/aromatic N) is 1. The lowest BCUT2D eigenvalue weighted by Crippen LogP contribution is -2.31. The van der Waals surface area contributed by atoms with E-state index in [0.717, 1.165) is 22.6 Å². The first-order chi connectivity index (χ1) is 17.2. The monoisotopic (exact) mass is 526 g/mol. The molecular weight excluding hydrogens is 492 g/mol. The number of anilines is 1. The van der Waals surface area contributed by atoms with E-state index >= 15 is 0 Å². The van der Waals surface area contributed by atoms with Crippen LogP contribution >= 0.6 is 11.8 Å². The van der Waals surface area contributed by atoms with E-state index in [1.54, 1.807) is 74.3 Å². The summed E-state index contributed by atoms with van der Waals surface area (Å²) in [6, 6.07) is 21.1. The van der Waals surface area contributed by atoms with Gasteiger partial charge in [-0.2, -0.15) is 0 Å². The molecule has 0 heterocycles. The van der Waals surface area contributed by atoms with Crippen LogP contribution in [-0.4, -0.2) is 34.2 Å². The topological polar surface area (TPSA) is 75.7 Å². The van der Waals surface area contributed by atoms with E-state index in [9.17, 15) is 13.2 Å². The number of carbonyl (C=O) groups is 1. The summed E-state index contributed by atoms with van der Waals surface area (Å²) >= 11 is 1.56. The van der Waals surface area contributed by atoms with E-state index in [0.29, 0.717) is 17.2 Å². The number of hydrogen-bond acceptors (Lipinski definition) is 5. The molecule has 3 aromatic carbocycles. The zero-order valence-corrected chi connectivity index (χ0v) is 23.0. The van der Waals surface area contributed by atoms with Crippen LogP contribution in [0, 0.1) is 5.92 Å². The molecule has 0 fully saturated rings. The molecule has 0 spiro atoms. The van der Waals surface area contributed by atoms with Gasteiger partial charge in [-0.3, -0.25) is 9.10 Å². The van der Waals surface area contributed by atoms with Crippen molar-refractivity contribution < 1.29 is 17.9 Å². The van der Waals surface area contributed by atoms with Crippen LogP contribution < -0.4 is 14.4 Å². The number of nitrogens with one attached hydrogen (secondary N) is 1. The van der Waals surface area contributed by atoms with E-state index in [1.807, 2.05) is 30.5 Å². The van der Waals surface area contributed by atoms with Crippen LogP contribution in [0.3, 0.4) is 0 Å². The van der Waals surface area contributed by atoms with Gasteiger partial charge < -0.3 is 10.1 Å². The van der Waals surface area contributed by atoms with Crippen molar-refractivity contribution >= 4 is 33.4 Å². The molecule has 0 saturated heterocycles. The quantitative estimate of drug-likeness (QED) is 0.303. The first-order valence-electron chi connectivity index (χ1n) is 11.9. The van der Waals surface area contributed by atoms with Crippen molar-refractivity contribution in [3.05, 3.63) is 83.9 Å². The van der Waals surface area contributed by atoms with Crippen molar-refractivity contribution in [2.24, 2.45) is 5.92 Å². The molecule has 1 N–H and O–H groups in total. The number of methoxy groups -OCH3 is 1. The number of sulfonamides is 1. The fourth-order valence-corrected chi connectivity index (χ4v) is 5.85. The third-order valence-corrected chi connectivity index (χ3v) is 8.54. The second kappa shape index (κ2) is 12.3. The van der Waals surface area contributed by atoms with E-state index < -0.39 is 10.0 Å². The molecule has 0 unspecified atom stereocenters. The molecule has 1 atom stereocenters. The van der Waals surface area contributed by atoms with Gasteiger partial charge in [-0.05, 0) is 91.7 Å². The van der Waals surface area contributed by atoms with Gasteiger partial charge in [0.25, 0.3) is 15.9 Å². The highest BCUT2D eigenvalue weighted by molar-refractivity contribution is 7.98. The van der Waals surface area contributed by atoms with Crippen LogP contribution in [0.25, 0.3) is 0 Å². The summed E-state index contributed by atoms with van der Waals surface area (Å²) in [7, 11) is -2.10. The predicted octanol–water partition coefficient (Wildman–Crippen LogP) is 6.15. The van der Waals surface area contributed by atoms with Gasteiger partial charge in [0, 0.05) is 17.0 Å². The van der Waals surface area contributed by atoms with Gasteiger partial charge in [0.15, 0.2) is 0 Å². The summed E-state index contributed by atoms with van der Waals surface area (Å²) in [5.41, 5.74) is 1.99. The third-order valence-electron chi connectivity index (χ3n) is 5.88. The molecule has 0 aliphatic carbocycles. The number of amides is 1. The largest absolute Gasteiger partial charge is 0.497 e. The van der Waals surface area contributed by atoms with Gasteiger partial charge in [-0.25, -0.2) is 8.42 Å². The fraction of sp³-hybridized carbons (Fsp3) is 0.321. The highest BCUT2D eigenvalue weighted by Gasteiger charge is 2.24. The number of benzene rings is 3. The summed E-state index contributed by atoms with van der Waals surface area (Å²) in [5, 5.41) is 3.13. The molecule has 0 aromatic heterocycles. The summed E-state index contributed by atoms with van der Waals surface area (Å²) in [4.78, 5) is 14.3. The maximum absolute atomic E-state index is 13.3. The standard InChI is InChI=1S/C28H34N2O4S2/c1-6-30(36(32,33)26-17-15-25(35-5)16-18-26)23-11-7-22(8-12-23)28(31)29-27(19-20(2)3)21-9-13-24(34-4)14-10-21/h7-18,20,27H,6,19H2,1-5H3,(H,29,31)/t27-/m1/s1. The minimum absolute atomic E-state index is 0.153. The molecule has 1 amide bonds. The van der Waals surface area contributed by atoms with Crippen molar-refractivity contribution in [2.75, 3.05) is 24.2 Å². The van der Waals surface area contributed by atoms with E-state index in [1.165, 1.54) is 4.31 Å². The first kappa shape index (κ1) is 27.6. The summed E-state index contributed by atoms with van der Waals surface area (Å²) in [5.74, 6) is 0.939. The van der Waals surface area contributed by atoms with E-state index in [2.05, 4.69) is 19.2 Å². The summed E-state index contributed by atoms with van der Waals surface area (Å²) < 4.78 is 33.1. The van der Waals surface area contributed by atoms with Crippen molar-refractivity contribution in [1.82, 2.24) is 5.32 Å². The molecule has 3 aromatic rings. The Morgan fingerprint density at radius 2 is 1.58 bits per heavy atom. The predicted molar refractivity (Wildman–Crippen MR) is 148 cm³/mol. The molecule has 8 heteroatoms. The average Bonchev–Trinajstić information content (AvgIpc) is 2.88. The van der Waals surface area contributed by atoms with Crippen LogP contribution in [-0.2, 0) is 10.0 Å². The number of thioether (sulfide) groups is 1. The summed E-state index contributed by atoms with van der Waals surface area (Å²) in [6.45, 7) is 6.30. The normalized spacial score (nSPS) is 12.3. The van der Waals surface area contributed by atoms with Gasteiger partial charge in [0.1, 0.15) is 5.75 Å². The third kappa shape index (κ3) is 6.62. The van der Waals surface area contributed by atoms with Crippen molar-refractivity contribution in [1.29, 1.82) is 0 Å². The Kier molecular flexibility index (Phi) is 9.45. The van der Waals surface area contributed by atoms with Crippen LogP contribution in [0.4, 0.5) is 5.69 Å². The number of carbonyl (C=O) groups excluding carboxylic acids is 1. The van der Waals surface area contributed by atoms with Crippen LogP contribution in [0.2, 0.25) is 0 Å². The Bertz CT molecular complexity index is 1240. The van der Waals surface area contributed by atoms with Crippen molar-refractivity contribution in [2.45, 2.75) is 43.0 Å². The molecule has 3 rings (SSSR count). The Morgan fingerprint density at radius 3 is 2.08 bits per heavy atom. The molecule has 192 valence electrons. The fourth-order valence-electron chi connectivity index (χ4n) is 3.97. The highest BCUT2D eigenvalue weighted by atomic mass is 32.2. The molecule has 0 bridgehead atoms. The Labute approximate surface area is 219 Å². The molecule has 0 saturated carbocycles. The Balaban J connectivity index is 1.79. The minimum Gasteiger partial charge on any atom is -0.497 e. The lowest BCUT2D eigenvalue weighted by molar-refractivity contribution is 0.0932. The van der Waals surface area contributed by atoms with Crippen LogP contribution in [0.5, 0.6) is 5.75 Å². The molecule has 0 radical (unpaired) electrons. The molecule has 6 nitrogen and oxygen atoms in total. The molecule has 0 aliphatic heterocycles. The second-order valence-corrected chi connectivity index (χ2v) is 11.6. The average molecular weight is 527 g/mol. The summed E-state index contributed by atoms with van der Waals surface area (Å²) in [6.07, 6.45) is 2.73. The zero-order chi connectivity index (χ0) is 26.3. The maximum Gasteiger partial charge on any atom is 0.264 e. The van der Waals surface area contributed by atoms with Crippen LogP contribution in [0.15, 0.2) is 82.6 Å². The second-order valence-electron chi connectivity index (χ2n) is 8.82. The van der Waals surface area contributed by atoms with Crippen molar-refractivity contribution in [3.63, 3.8) is 0 Å². The van der Waals surface area contributed by atoms with Gasteiger partial charge in [0.05, 0.1) is 23.7 Å². The van der Waals surface area contributed by atoms with E-state index in [4.69, 9.17) is 4.74 Å². The van der Waals surface area contributed by atoms with Crippen molar-refractivity contribution in [3.8, 4) is 5.75 Å². The number of rotatable bonds is 11. The molecule has 0 aliphatic rings. The maximum atomic E-state index is 13.3. The van der Waals surface area contributed by atoms with Gasteiger partial charge >= 0.3 is 0 Å². The number of hydrogen-bond donors (Lipinski definition) is 1. The molecular formula is C28H34N2O4S2. The lowest BCUT2D eigenvalue weighted by atomic mass is 9.96. The van der Waals surface area contributed by atoms with Gasteiger partial charge in [-0.15, -0.1) is 11.8 Å². The Hall–Kier alpha value is -2.97. The SMILES string of the molecule is CCN(c1ccc(C(=O)N[C@H](CC(C)C)c2ccc(OC)cc2)cc1)S(=O)(=O)c1ccc(SC)cc1. The minimum atomic E-state index is -3.72. The van der Waals surface area contributed by atoms with Gasteiger partial charge in [-0.1, -0.05) is 26.0 Å².